The number of carbonyl (C=O) groups excluding carboxylic acids is 3. The Labute approximate surface area is 192 Å². The van der Waals surface area contributed by atoms with E-state index >= 15 is 0 Å². The van der Waals surface area contributed by atoms with Crippen LogP contribution < -0.4 is 9.64 Å². The molecule has 2 bridgehead atoms. The van der Waals surface area contributed by atoms with Crippen molar-refractivity contribution < 1.29 is 19.1 Å². The minimum atomic E-state index is -0.528. The van der Waals surface area contributed by atoms with Crippen LogP contribution in [0.3, 0.4) is 0 Å². The van der Waals surface area contributed by atoms with Crippen LogP contribution >= 0.6 is 0 Å². The molecule has 3 aromatic rings. The molecule has 2 saturated carbocycles. The van der Waals surface area contributed by atoms with Crippen LogP contribution in [0.15, 0.2) is 78.9 Å². The molecule has 4 atom stereocenters. The number of carbonyl (C=O) groups is 3. The molecule has 0 N–H and O–H groups in total. The molecule has 1 aliphatic heterocycles. The van der Waals surface area contributed by atoms with E-state index in [-0.39, 0.29) is 23.7 Å². The molecule has 3 aromatic carbocycles. The monoisotopic (exact) mass is 437 g/mol. The second-order valence-corrected chi connectivity index (χ2v) is 9.20. The van der Waals surface area contributed by atoms with Gasteiger partial charge in [-0.05, 0) is 60.9 Å². The number of esters is 1. The number of nitrogens with zero attached hydrogens (tertiary/aromatic N) is 1. The van der Waals surface area contributed by atoms with E-state index in [2.05, 4.69) is 0 Å². The van der Waals surface area contributed by atoms with Gasteiger partial charge in [0.25, 0.3) is 0 Å². The highest BCUT2D eigenvalue weighted by Crippen LogP contribution is 2.56. The molecule has 5 nitrogen and oxygen atoms in total. The highest BCUT2D eigenvalue weighted by Gasteiger charge is 2.61. The van der Waals surface area contributed by atoms with Crippen molar-refractivity contribution in [3.8, 4) is 16.9 Å². The molecular formula is C28H23NO4. The minimum absolute atomic E-state index is 0.114. The number of hydrogen-bond acceptors (Lipinski definition) is 4. The molecule has 2 aliphatic carbocycles. The van der Waals surface area contributed by atoms with Crippen LogP contribution in [0.25, 0.3) is 11.1 Å². The molecule has 0 aromatic heterocycles. The predicted molar refractivity (Wildman–Crippen MR) is 124 cm³/mol. The summed E-state index contributed by atoms with van der Waals surface area (Å²) in [4.78, 5) is 40.6. The Balaban J connectivity index is 1.27. The topological polar surface area (TPSA) is 63.7 Å². The lowest BCUT2D eigenvalue weighted by molar-refractivity contribution is -0.123. The lowest BCUT2D eigenvalue weighted by Gasteiger charge is -2.19. The number of fused-ring (bicyclic) bond motifs is 5. The summed E-state index contributed by atoms with van der Waals surface area (Å²) in [5, 5.41) is 0. The minimum Gasteiger partial charge on any atom is -0.422 e. The maximum atomic E-state index is 13.2. The van der Waals surface area contributed by atoms with E-state index in [4.69, 9.17) is 4.74 Å². The number of rotatable bonds is 4. The first-order chi connectivity index (χ1) is 16.1. The van der Waals surface area contributed by atoms with E-state index in [1.165, 1.54) is 4.90 Å². The molecule has 33 heavy (non-hydrogen) atoms. The van der Waals surface area contributed by atoms with Crippen LogP contribution in [-0.4, -0.2) is 17.8 Å². The SMILES string of the molecule is O=C(Oc1ccccc1-c1ccccc1)c1cccc(N2C(=O)C3C4CCC(C4)C3C2=O)c1. The van der Waals surface area contributed by atoms with E-state index in [0.29, 0.717) is 28.8 Å². The molecule has 3 fully saturated rings. The molecule has 0 spiro atoms. The summed E-state index contributed by atoms with van der Waals surface area (Å²) in [5.74, 6) is -0.0326. The van der Waals surface area contributed by atoms with Gasteiger partial charge in [-0.2, -0.15) is 0 Å². The molecule has 1 saturated heterocycles. The zero-order chi connectivity index (χ0) is 22.5. The predicted octanol–water partition coefficient (Wildman–Crippen LogP) is 5.11. The van der Waals surface area contributed by atoms with Crippen LogP contribution in [-0.2, 0) is 9.59 Å². The summed E-state index contributed by atoms with van der Waals surface area (Å²) in [5.41, 5.74) is 2.51. The van der Waals surface area contributed by atoms with Gasteiger partial charge in [0.05, 0.1) is 23.1 Å². The average Bonchev–Trinajstić information content (AvgIpc) is 3.53. The van der Waals surface area contributed by atoms with Gasteiger partial charge in [0, 0.05) is 5.56 Å². The summed E-state index contributed by atoms with van der Waals surface area (Å²) in [6.07, 6.45) is 3.06. The lowest BCUT2D eigenvalue weighted by Crippen LogP contribution is -2.32. The van der Waals surface area contributed by atoms with Crippen LogP contribution in [0.1, 0.15) is 29.6 Å². The first-order valence-electron chi connectivity index (χ1n) is 11.5. The maximum Gasteiger partial charge on any atom is 0.343 e. The van der Waals surface area contributed by atoms with Crippen molar-refractivity contribution in [2.75, 3.05) is 4.90 Å². The first kappa shape index (κ1) is 19.9. The van der Waals surface area contributed by atoms with Gasteiger partial charge in [-0.25, -0.2) is 4.79 Å². The molecule has 6 rings (SSSR count). The molecule has 1 heterocycles. The van der Waals surface area contributed by atoms with Crippen LogP contribution in [0.4, 0.5) is 5.69 Å². The van der Waals surface area contributed by atoms with Gasteiger partial charge in [-0.15, -0.1) is 0 Å². The van der Waals surface area contributed by atoms with Crippen LogP contribution in [0.2, 0.25) is 0 Å². The number of hydrogen-bond donors (Lipinski definition) is 0. The highest BCUT2D eigenvalue weighted by molar-refractivity contribution is 6.22. The molecular weight excluding hydrogens is 414 g/mol. The summed E-state index contributed by atoms with van der Waals surface area (Å²) in [6, 6.07) is 23.7. The summed E-state index contributed by atoms with van der Waals surface area (Å²) in [6.45, 7) is 0. The van der Waals surface area contributed by atoms with Gasteiger partial charge in [-0.3, -0.25) is 14.5 Å². The van der Waals surface area contributed by atoms with E-state index in [1.807, 2.05) is 48.5 Å². The molecule has 3 aliphatic rings. The number of imide groups is 1. The number of benzene rings is 3. The quantitative estimate of drug-likeness (QED) is 0.323. The standard InChI is InChI=1S/C28H23NO4/c30-26-24-18-13-14-19(15-18)25(24)27(31)29(26)21-10-6-9-20(16-21)28(32)33-23-12-5-4-11-22(23)17-7-2-1-3-8-17/h1-12,16,18-19,24-25H,13-15H2. The van der Waals surface area contributed by atoms with Crippen molar-refractivity contribution in [3.63, 3.8) is 0 Å². The maximum absolute atomic E-state index is 13.2. The third kappa shape index (κ3) is 3.18. The van der Waals surface area contributed by atoms with Crippen molar-refractivity contribution in [2.45, 2.75) is 19.3 Å². The number of para-hydroxylation sites is 1. The van der Waals surface area contributed by atoms with Crippen molar-refractivity contribution in [3.05, 3.63) is 84.4 Å². The third-order valence-corrected chi connectivity index (χ3v) is 7.44. The van der Waals surface area contributed by atoms with Crippen molar-refractivity contribution in [2.24, 2.45) is 23.7 Å². The van der Waals surface area contributed by atoms with Crippen LogP contribution in [0.5, 0.6) is 5.75 Å². The van der Waals surface area contributed by atoms with Gasteiger partial charge < -0.3 is 4.74 Å². The third-order valence-electron chi connectivity index (χ3n) is 7.44. The Morgan fingerprint density at radius 3 is 2.18 bits per heavy atom. The molecule has 4 unspecified atom stereocenters. The van der Waals surface area contributed by atoms with Crippen molar-refractivity contribution in [1.82, 2.24) is 0 Å². The van der Waals surface area contributed by atoms with Gasteiger partial charge in [-0.1, -0.05) is 54.6 Å². The number of anilines is 1. The van der Waals surface area contributed by atoms with Gasteiger partial charge in [0.2, 0.25) is 11.8 Å². The molecule has 5 heteroatoms. The largest absolute Gasteiger partial charge is 0.422 e. The van der Waals surface area contributed by atoms with Gasteiger partial charge in [0.15, 0.2) is 0 Å². The van der Waals surface area contributed by atoms with E-state index in [9.17, 15) is 14.4 Å². The first-order valence-corrected chi connectivity index (χ1v) is 11.5. The van der Waals surface area contributed by atoms with E-state index < -0.39 is 5.97 Å². The summed E-state index contributed by atoms with van der Waals surface area (Å²) >= 11 is 0. The Morgan fingerprint density at radius 2 is 1.45 bits per heavy atom. The second kappa shape index (κ2) is 7.69. The fraction of sp³-hybridized carbons (Fsp3) is 0.250. The average molecular weight is 437 g/mol. The fourth-order valence-electron chi connectivity index (χ4n) is 6.01. The van der Waals surface area contributed by atoms with Gasteiger partial charge >= 0.3 is 5.97 Å². The second-order valence-electron chi connectivity index (χ2n) is 9.20. The van der Waals surface area contributed by atoms with Gasteiger partial charge in [0.1, 0.15) is 5.75 Å². The Hall–Kier alpha value is -3.73. The summed E-state index contributed by atoms with van der Waals surface area (Å²) in [7, 11) is 0. The molecule has 0 radical (unpaired) electrons. The Morgan fingerprint density at radius 1 is 0.788 bits per heavy atom. The normalized spacial score (nSPS) is 25.4. The summed E-state index contributed by atoms with van der Waals surface area (Å²) < 4.78 is 5.75. The van der Waals surface area contributed by atoms with E-state index in [1.54, 1.807) is 30.3 Å². The van der Waals surface area contributed by atoms with Crippen LogP contribution in [0, 0.1) is 23.7 Å². The lowest BCUT2D eigenvalue weighted by atomic mass is 9.81. The van der Waals surface area contributed by atoms with Crippen molar-refractivity contribution >= 4 is 23.5 Å². The van der Waals surface area contributed by atoms with E-state index in [0.717, 1.165) is 30.4 Å². The number of ether oxygens (including phenoxy) is 1. The fourth-order valence-corrected chi connectivity index (χ4v) is 6.01. The Kier molecular flexibility index (Phi) is 4.64. The molecule has 2 amide bonds. The number of amides is 2. The zero-order valence-corrected chi connectivity index (χ0v) is 18.0. The molecule has 164 valence electrons. The highest BCUT2D eigenvalue weighted by atomic mass is 16.5. The smallest absolute Gasteiger partial charge is 0.343 e. The Bertz CT molecular complexity index is 1240. The zero-order valence-electron chi connectivity index (χ0n) is 18.0. The van der Waals surface area contributed by atoms with Crippen molar-refractivity contribution in [1.29, 1.82) is 0 Å².